The number of benzene rings is 2. The molecule has 0 saturated heterocycles. The molecule has 0 bridgehead atoms. The van der Waals surface area contributed by atoms with Gasteiger partial charge in [-0.2, -0.15) is 0 Å². The van der Waals surface area contributed by atoms with E-state index in [0.717, 1.165) is 17.1 Å². The van der Waals surface area contributed by atoms with Crippen molar-refractivity contribution in [3.05, 3.63) is 48.0 Å². The minimum atomic E-state index is 0.413. The van der Waals surface area contributed by atoms with Crippen LogP contribution in [0.4, 0.5) is 0 Å². The fraction of sp³-hybridized carbons (Fsp3) is 0.294. The molecule has 2 N–H and O–H groups in total. The second-order valence-electron chi connectivity index (χ2n) is 4.56. The van der Waals surface area contributed by atoms with Crippen LogP contribution in [0.15, 0.2) is 42.5 Å². The highest BCUT2D eigenvalue weighted by atomic mass is 16.5. The molecule has 118 valence electrons. The summed E-state index contributed by atoms with van der Waals surface area (Å²) < 4.78 is 21.7. The van der Waals surface area contributed by atoms with Crippen molar-refractivity contribution in [1.29, 1.82) is 0 Å². The minimum absolute atomic E-state index is 0.413. The third-order valence-corrected chi connectivity index (χ3v) is 3.13. The van der Waals surface area contributed by atoms with Crippen molar-refractivity contribution in [3.63, 3.8) is 0 Å². The van der Waals surface area contributed by atoms with Gasteiger partial charge in [-0.15, -0.1) is 0 Å². The summed E-state index contributed by atoms with van der Waals surface area (Å²) in [5, 5.41) is 0. The third-order valence-electron chi connectivity index (χ3n) is 3.13. The van der Waals surface area contributed by atoms with Gasteiger partial charge in [-0.3, -0.25) is 0 Å². The van der Waals surface area contributed by atoms with E-state index in [1.54, 1.807) is 14.2 Å². The Morgan fingerprint density at radius 1 is 0.773 bits per heavy atom. The molecule has 0 heterocycles. The standard InChI is InChI=1S/C17H21NO4/c1-19-14-4-6-15(7-5-14)21-9-10-22-17-11-13(12-18)3-8-16(17)20-2/h3-8,11H,9-10,12,18H2,1-2H3. The van der Waals surface area contributed by atoms with Gasteiger partial charge in [-0.1, -0.05) is 6.07 Å². The highest BCUT2D eigenvalue weighted by molar-refractivity contribution is 5.42. The number of ether oxygens (including phenoxy) is 4. The van der Waals surface area contributed by atoms with Gasteiger partial charge in [0.25, 0.3) is 0 Å². The van der Waals surface area contributed by atoms with Crippen LogP contribution in [0.2, 0.25) is 0 Å². The molecular weight excluding hydrogens is 282 g/mol. The molecule has 0 aliphatic carbocycles. The van der Waals surface area contributed by atoms with Crippen molar-refractivity contribution in [3.8, 4) is 23.0 Å². The Morgan fingerprint density at radius 2 is 1.45 bits per heavy atom. The van der Waals surface area contributed by atoms with Crippen molar-refractivity contribution in [2.45, 2.75) is 6.54 Å². The minimum Gasteiger partial charge on any atom is -0.497 e. The monoisotopic (exact) mass is 303 g/mol. The van der Waals surface area contributed by atoms with Gasteiger partial charge in [0.2, 0.25) is 0 Å². The predicted octanol–water partition coefficient (Wildman–Crippen LogP) is 2.62. The van der Waals surface area contributed by atoms with Gasteiger partial charge in [0.1, 0.15) is 24.7 Å². The Morgan fingerprint density at radius 3 is 2.09 bits per heavy atom. The summed E-state index contributed by atoms with van der Waals surface area (Å²) in [6.45, 7) is 1.31. The molecule has 0 atom stereocenters. The normalized spacial score (nSPS) is 10.1. The van der Waals surface area contributed by atoms with Crippen LogP contribution in [0.5, 0.6) is 23.0 Å². The van der Waals surface area contributed by atoms with Crippen molar-refractivity contribution < 1.29 is 18.9 Å². The lowest BCUT2D eigenvalue weighted by Gasteiger charge is -2.12. The molecule has 2 aromatic rings. The zero-order valence-corrected chi connectivity index (χ0v) is 12.9. The van der Waals surface area contributed by atoms with Gasteiger partial charge in [-0.05, 0) is 42.0 Å². The SMILES string of the molecule is COc1ccc(OCCOc2cc(CN)ccc2OC)cc1. The summed E-state index contributed by atoms with van der Waals surface area (Å²) in [5.41, 5.74) is 6.63. The average molecular weight is 303 g/mol. The summed E-state index contributed by atoms with van der Waals surface area (Å²) in [5.74, 6) is 2.92. The van der Waals surface area contributed by atoms with Gasteiger partial charge in [-0.25, -0.2) is 0 Å². The number of rotatable bonds is 8. The van der Waals surface area contributed by atoms with Gasteiger partial charge in [0.05, 0.1) is 14.2 Å². The largest absolute Gasteiger partial charge is 0.497 e. The van der Waals surface area contributed by atoms with E-state index >= 15 is 0 Å². The maximum atomic E-state index is 5.71. The molecule has 22 heavy (non-hydrogen) atoms. The lowest BCUT2D eigenvalue weighted by molar-refractivity contribution is 0.211. The zero-order chi connectivity index (χ0) is 15.8. The second kappa shape index (κ2) is 8.14. The molecular formula is C17H21NO4. The van der Waals surface area contributed by atoms with Crippen LogP contribution in [0, 0.1) is 0 Å². The van der Waals surface area contributed by atoms with Crippen LogP contribution >= 0.6 is 0 Å². The molecule has 0 saturated carbocycles. The van der Waals surface area contributed by atoms with E-state index in [9.17, 15) is 0 Å². The first-order chi connectivity index (χ1) is 10.8. The Balaban J connectivity index is 1.85. The van der Waals surface area contributed by atoms with E-state index in [2.05, 4.69) is 0 Å². The number of nitrogens with two attached hydrogens (primary N) is 1. The van der Waals surface area contributed by atoms with E-state index < -0.39 is 0 Å². The predicted molar refractivity (Wildman–Crippen MR) is 84.9 cm³/mol. The van der Waals surface area contributed by atoms with Crippen LogP contribution in [0.1, 0.15) is 5.56 Å². The summed E-state index contributed by atoms with van der Waals surface area (Å²) in [6.07, 6.45) is 0. The maximum Gasteiger partial charge on any atom is 0.161 e. The van der Waals surface area contributed by atoms with Crippen LogP contribution in [-0.4, -0.2) is 27.4 Å². The van der Waals surface area contributed by atoms with Gasteiger partial charge in [0.15, 0.2) is 11.5 Å². The van der Waals surface area contributed by atoms with Crippen molar-refractivity contribution >= 4 is 0 Å². The van der Waals surface area contributed by atoms with Crippen molar-refractivity contribution in [1.82, 2.24) is 0 Å². The molecule has 0 aliphatic heterocycles. The molecule has 2 aromatic carbocycles. The van der Waals surface area contributed by atoms with E-state index in [0.29, 0.717) is 31.3 Å². The van der Waals surface area contributed by atoms with Gasteiger partial charge >= 0.3 is 0 Å². The third kappa shape index (κ3) is 4.30. The zero-order valence-electron chi connectivity index (χ0n) is 12.9. The van der Waals surface area contributed by atoms with Crippen LogP contribution in [-0.2, 0) is 6.54 Å². The smallest absolute Gasteiger partial charge is 0.161 e. The van der Waals surface area contributed by atoms with E-state index in [4.69, 9.17) is 24.7 Å². The van der Waals surface area contributed by atoms with Crippen molar-refractivity contribution in [2.75, 3.05) is 27.4 Å². The fourth-order valence-electron chi connectivity index (χ4n) is 1.94. The van der Waals surface area contributed by atoms with Crippen molar-refractivity contribution in [2.24, 2.45) is 5.73 Å². The second-order valence-corrected chi connectivity index (χ2v) is 4.56. The number of methoxy groups -OCH3 is 2. The molecule has 2 rings (SSSR count). The molecule has 0 radical (unpaired) electrons. The molecule has 0 aromatic heterocycles. The van der Waals surface area contributed by atoms with E-state index in [1.165, 1.54) is 0 Å². The Hall–Kier alpha value is -2.40. The molecule has 5 heteroatoms. The Kier molecular flexibility index (Phi) is 5.91. The average Bonchev–Trinajstić information content (AvgIpc) is 2.59. The molecule has 0 aliphatic rings. The summed E-state index contributed by atoms with van der Waals surface area (Å²) in [4.78, 5) is 0. The Labute approximate surface area is 130 Å². The van der Waals surface area contributed by atoms with Gasteiger partial charge < -0.3 is 24.7 Å². The number of hydrogen-bond acceptors (Lipinski definition) is 5. The molecule has 5 nitrogen and oxygen atoms in total. The summed E-state index contributed by atoms with van der Waals surface area (Å²) >= 11 is 0. The molecule has 0 fully saturated rings. The fourth-order valence-corrected chi connectivity index (χ4v) is 1.94. The summed E-state index contributed by atoms with van der Waals surface area (Å²) in [6, 6.07) is 13.1. The Bertz CT molecular complexity index is 584. The topological polar surface area (TPSA) is 62.9 Å². The lowest BCUT2D eigenvalue weighted by Crippen LogP contribution is -2.10. The van der Waals surface area contributed by atoms with Crippen LogP contribution in [0.3, 0.4) is 0 Å². The van der Waals surface area contributed by atoms with E-state index in [1.807, 2.05) is 42.5 Å². The molecule has 0 amide bonds. The maximum absolute atomic E-state index is 5.71. The van der Waals surface area contributed by atoms with Crippen LogP contribution < -0.4 is 24.7 Å². The summed E-state index contributed by atoms with van der Waals surface area (Å²) in [7, 11) is 3.24. The van der Waals surface area contributed by atoms with Gasteiger partial charge in [0, 0.05) is 6.54 Å². The lowest BCUT2D eigenvalue weighted by atomic mass is 10.2. The van der Waals surface area contributed by atoms with Crippen LogP contribution in [0.25, 0.3) is 0 Å². The molecule has 0 spiro atoms. The first-order valence-corrected chi connectivity index (χ1v) is 7.03. The number of hydrogen-bond donors (Lipinski definition) is 1. The first kappa shape index (κ1) is 16.0. The quantitative estimate of drug-likeness (QED) is 0.760. The highest BCUT2D eigenvalue weighted by Crippen LogP contribution is 2.28. The first-order valence-electron chi connectivity index (χ1n) is 7.03. The molecule has 0 unspecified atom stereocenters. The highest BCUT2D eigenvalue weighted by Gasteiger charge is 2.05. The van der Waals surface area contributed by atoms with E-state index in [-0.39, 0.29) is 0 Å².